The Morgan fingerprint density at radius 2 is 1.19 bits per heavy atom. The Labute approximate surface area is 469 Å². The van der Waals surface area contributed by atoms with Gasteiger partial charge in [-0.1, -0.05) is 150 Å². The SMILES string of the molecule is Cc1cc2c3c(c1)N(c1ccc(C(C)(C)C)cc1)c1c(ccc4c1OCCCO4)B3c1ccc(N(c3ccccc3)c3ccccc3)cc1N2c1cc(-c2ccc3c(c2)C(C)(C)c2ccccc2-3)cc(-c2cc3ccccc3o2)c1. The van der Waals surface area contributed by atoms with Gasteiger partial charge in [-0.3, -0.25) is 0 Å². The fourth-order valence-corrected chi connectivity index (χ4v) is 13.3. The van der Waals surface area contributed by atoms with Crippen molar-refractivity contribution in [2.24, 2.45) is 0 Å². The second-order valence-electron chi connectivity index (χ2n) is 23.6. The zero-order chi connectivity index (χ0) is 54.0. The van der Waals surface area contributed by atoms with Gasteiger partial charge < -0.3 is 28.6 Å². The van der Waals surface area contributed by atoms with E-state index in [-0.39, 0.29) is 17.5 Å². The average Bonchev–Trinajstić information content (AvgIpc) is 3.69. The molecule has 4 aliphatic rings. The summed E-state index contributed by atoms with van der Waals surface area (Å²) in [6.45, 7) is 14.8. The van der Waals surface area contributed by atoms with Crippen molar-refractivity contribution in [3.63, 3.8) is 0 Å². The first-order valence-corrected chi connectivity index (χ1v) is 28.2. The summed E-state index contributed by atoms with van der Waals surface area (Å²) >= 11 is 0. The minimum absolute atomic E-state index is 0.0175. The van der Waals surface area contributed by atoms with Crippen LogP contribution in [0, 0.1) is 6.92 Å². The molecule has 1 aliphatic carbocycles. The Morgan fingerprint density at radius 3 is 1.95 bits per heavy atom. The molecule has 0 spiro atoms. The third kappa shape index (κ3) is 7.62. The first-order chi connectivity index (χ1) is 39.0. The number of rotatable bonds is 7. The maximum absolute atomic E-state index is 6.89. The standard InChI is InChI=1S/C73H60BN3O3/c1-46-38-64-69-65(39-46)77(54-29-27-51(28-30-54)72(2,3)4)70-62(34-35-67-71(70)79-37-17-36-78-67)74(69)61-33-31-55(75(52-19-9-7-10-20-52)53-21-11-8-12-22-53)45-63(61)76(64)56-41-49(40-50(42-56)68-44-48-18-13-16-25-66(48)80-68)47-26-32-58-57-23-14-15-24-59(57)73(5,6)60(58)43-47/h7-16,18-35,38-45H,17,36-37H2,1-6H3. The summed E-state index contributed by atoms with van der Waals surface area (Å²) in [4.78, 5) is 7.38. The number of nitrogens with zero attached hydrogens (tertiary/aromatic N) is 3. The smallest absolute Gasteiger partial charge is 0.252 e. The number of fused-ring (bicyclic) bond motifs is 10. The molecule has 3 aliphatic heterocycles. The molecular weight excluding hydrogens is 978 g/mol. The van der Waals surface area contributed by atoms with Crippen molar-refractivity contribution in [2.75, 3.05) is 27.9 Å². The molecule has 15 rings (SSSR count). The topological polar surface area (TPSA) is 41.3 Å². The van der Waals surface area contributed by atoms with E-state index in [2.05, 4.69) is 269 Å². The number of aryl methyl sites for hydroxylation is 1. The van der Waals surface area contributed by atoms with Gasteiger partial charge in [0.2, 0.25) is 0 Å². The Balaban J connectivity index is 1.02. The van der Waals surface area contributed by atoms with Gasteiger partial charge in [0.25, 0.3) is 6.71 Å². The monoisotopic (exact) mass is 1040 g/mol. The Morgan fingerprint density at radius 1 is 0.512 bits per heavy atom. The number of ether oxygens (including phenoxy) is 2. The van der Waals surface area contributed by atoms with E-state index in [4.69, 9.17) is 13.9 Å². The number of para-hydroxylation sites is 3. The summed E-state index contributed by atoms with van der Waals surface area (Å²) in [5, 5.41) is 1.07. The average molecular weight is 1040 g/mol. The van der Waals surface area contributed by atoms with Crippen molar-refractivity contribution in [1.29, 1.82) is 0 Å². The minimum atomic E-state index is -0.173. The van der Waals surface area contributed by atoms with Crippen LogP contribution in [0.1, 0.15) is 63.3 Å². The van der Waals surface area contributed by atoms with Crippen LogP contribution in [-0.2, 0) is 10.8 Å². The molecule has 0 fully saturated rings. The Bertz CT molecular complexity index is 4200. The van der Waals surface area contributed by atoms with E-state index in [0.29, 0.717) is 13.2 Å². The normalized spacial score (nSPS) is 14.4. The highest BCUT2D eigenvalue weighted by molar-refractivity contribution is 7.00. The molecule has 10 aromatic carbocycles. The molecule has 0 saturated carbocycles. The maximum Gasteiger partial charge on any atom is 0.252 e. The largest absolute Gasteiger partial charge is 0.489 e. The number of hydrogen-bond donors (Lipinski definition) is 0. The molecule has 0 unspecified atom stereocenters. The molecule has 0 atom stereocenters. The molecule has 0 saturated heterocycles. The highest BCUT2D eigenvalue weighted by Crippen LogP contribution is 2.53. The van der Waals surface area contributed by atoms with E-state index >= 15 is 0 Å². The van der Waals surface area contributed by atoms with Crippen molar-refractivity contribution in [1.82, 2.24) is 0 Å². The molecule has 80 heavy (non-hydrogen) atoms. The van der Waals surface area contributed by atoms with E-state index in [1.54, 1.807) is 0 Å². The van der Waals surface area contributed by atoms with Gasteiger partial charge in [0.05, 0.1) is 18.9 Å². The second-order valence-corrected chi connectivity index (χ2v) is 23.6. The lowest BCUT2D eigenvalue weighted by Gasteiger charge is -2.45. The fourth-order valence-electron chi connectivity index (χ4n) is 13.3. The van der Waals surface area contributed by atoms with Crippen LogP contribution in [0.25, 0.3) is 44.5 Å². The summed E-state index contributed by atoms with van der Waals surface area (Å²) in [7, 11) is 0. The summed E-state index contributed by atoms with van der Waals surface area (Å²) in [5.74, 6) is 2.38. The number of anilines is 9. The van der Waals surface area contributed by atoms with Crippen molar-refractivity contribution in [3.05, 3.63) is 241 Å². The van der Waals surface area contributed by atoms with Crippen LogP contribution in [0.4, 0.5) is 51.2 Å². The summed E-state index contributed by atoms with van der Waals surface area (Å²) in [5.41, 5.74) is 24.9. The number of benzene rings is 10. The van der Waals surface area contributed by atoms with E-state index in [9.17, 15) is 0 Å². The van der Waals surface area contributed by atoms with Crippen LogP contribution >= 0.6 is 0 Å². The van der Waals surface area contributed by atoms with E-state index < -0.39 is 0 Å². The van der Waals surface area contributed by atoms with Gasteiger partial charge in [0.15, 0.2) is 11.5 Å². The van der Waals surface area contributed by atoms with E-state index in [1.165, 1.54) is 44.2 Å². The van der Waals surface area contributed by atoms with Crippen molar-refractivity contribution >= 4 is 85.3 Å². The van der Waals surface area contributed by atoms with Crippen LogP contribution in [-0.4, -0.2) is 19.9 Å². The first-order valence-electron chi connectivity index (χ1n) is 28.2. The van der Waals surface area contributed by atoms with Crippen LogP contribution in [0.5, 0.6) is 11.5 Å². The molecular formula is C73H60BN3O3. The molecule has 4 heterocycles. The van der Waals surface area contributed by atoms with Crippen LogP contribution < -0.4 is 40.6 Å². The highest BCUT2D eigenvalue weighted by atomic mass is 16.5. The molecule has 388 valence electrons. The molecule has 11 aromatic rings. The summed E-state index contributed by atoms with van der Waals surface area (Å²) in [6, 6.07) is 80.6. The van der Waals surface area contributed by atoms with Gasteiger partial charge in [0, 0.05) is 68.3 Å². The molecule has 0 radical (unpaired) electrons. The van der Waals surface area contributed by atoms with Gasteiger partial charge >= 0.3 is 0 Å². The van der Waals surface area contributed by atoms with Crippen molar-refractivity contribution in [3.8, 4) is 45.1 Å². The lowest BCUT2D eigenvalue weighted by Crippen LogP contribution is -2.61. The quantitative estimate of drug-likeness (QED) is 0.148. The number of furan rings is 1. The molecule has 0 amide bonds. The third-order valence-corrected chi connectivity index (χ3v) is 17.2. The third-order valence-electron chi connectivity index (χ3n) is 17.2. The molecule has 1 aromatic heterocycles. The van der Waals surface area contributed by atoms with Gasteiger partial charge in [-0.2, -0.15) is 0 Å². The second kappa shape index (κ2) is 18.2. The lowest BCUT2D eigenvalue weighted by atomic mass is 9.33. The van der Waals surface area contributed by atoms with Crippen LogP contribution in [0.2, 0.25) is 0 Å². The van der Waals surface area contributed by atoms with E-state index in [1.807, 2.05) is 6.07 Å². The molecule has 7 heteroatoms. The van der Waals surface area contributed by atoms with Crippen molar-refractivity contribution < 1.29 is 13.9 Å². The predicted octanol–water partition coefficient (Wildman–Crippen LogP) is 17.4. The van der Waals surface area contributed by atoms with Crippen molar-refractivity contribution in [2.45, 2.75) is 58.8 Å². The van der Waals surface area contributed by atoms with Gasteiger partial charge in [-0.05, 0) is 176 Å². The lowest BCUT2D eigenvalue weighted by molar-refractivity contribution is 0.297. The Hall–Kier alpha value is -9.20. The summed E-state index contributed by atoms with van der Waals surface area (Å²) < 4.78 is 20.3. The summed E-state index contributed by atoms with van der Waals surface area (Å²) in [6.07, 6.45) is 0.804. The first kappa shape index (κ1) is 48.0. The number of hydrogen-bond acceptors (Lipinski definition) is 6. The zero-order valence-electron chi connectivity index (χ0n) is 46.0. The molecule has 0 N–H and O–H groups in total. The van der Waals surface area contributed by atoms with Crippen LogP contribution in [0.15, 0.2) is 223 Å². The maximum atomic E-state index is 6.89. The molecule has 0 bridgehead atoms. The van der Waals surface area contributed by atoms with Crippen LogP contribution in [0.3, 0.4) is 0 Å². The zero-order valence-corrected chi connectivity index (χ0v) is 46.0. The predicted molar refractivity (Wildman–Crippen MR) is 332 cm³/mol. The molecule has 6 nitrogen and oxygen atoms in total. The van der Waals surface area contributed by atoms with Gasteiger partial charge in [0.1, 0.15) is 11.3 Å². The highest BCUT2D eigenvalue weighted by Gasteiger charge is 2.46. The fraction of sp³-hybridized carbons (Fsp3) is 0.151. The van der Waals surface area contributed by atoms with Gasteiger partial charge in [-0.25, -0.2) is 0 Å². The Kier molecular flexibility index (Phi) is 10.9. The minimum Gasteiger partial charge on any atom is -0.489 e. The van der Waals surface area contributed by atoms with E-state index in [0.717, 1.165) is 108 Å². The van der Waals surface area contributed by atoms with Gasteiger partial charge in [-0.15, -0.1) is 0 Å².